The first-order chi connectivity index (χ1) is 10.4. The standard InChI is InChI=1S/C16H18N2O3S/c1-17-16(19)15-6-4-3-5-14(15)13-9-7-12(8-10-13)11-18-22(2,20)21/h3-10,18H,11H2,1-2H3,(H,17,19). The van der Waals surface area contributed by atoms with Gasteiger partial charge in [-0.15, -0.1) is 0 Å². The van der Waals surface area contributed by atoms with Gasteiger partial charge in [-0.25, -0.2) is 13.1 Å². The summed E-state index contributed by atoms with van der Waals surface area (Å²) in [6.45, 7) is 0.246. The molecule has 0 bridgehead atoms. The molecule has 0 atom stereocenters. The van der Waals surface area contributed by atoms with Gasteiger partial charge in [0.2, 0.25) is 10.0 Å². The van der Waals surface area contributed by atoms with Crippen LogP contribution in [0, 0.1) is 0 Å². The third-order valence-electron chi connectivity index (χ3n) is 3.20. The van der Waals surface area contributed by atoms with Crippen LogP contribution in [0.3, 0.4) is 0 Å². The van der Waals surface area contributed by atoms with Gasteiger partial charge in [-0.2, -0.15) is 0 Å². The van der Waals surface area contributed by atoms with E-state index < -0.39 is 10.0 Å². The lowest BCUT2D eigenvalue weighted by atomic mass is 9.98. The molecule has 0 saturated carbocycles. The smallest absolute Gasteiger partial charge is 0.251 e. The number of benzene rings is 2. The molecule has 2 aromatic rings. The molecule has 22 heavy (non-hydrogen) atoms. The Morgan fingerprint density at radius 1 is 1.05 bits per heavy atom. The van der Waals surface area contributed by atoms with Crippen LogP contribution >= 0.6 is 0 Å². The van der Waals surface area contributed by atoms with E-state index >= 15 is 0 Å². The quantitative estimate of drug-likeness (QED) is 0.882. The summed E-state index contributed by atoms with van der Waals surface area (Å²) in [4.78, 5) is 11.9. The molecular weight excluding hydrogens is 300 g/mol. The van der Waals surface area contributed by atoms with Gasteiger partial charge in [0, 0.05) is 19.2 Å². The van der Waals surface area contributed by atoms with Crippen LogP contribution < -0.4 is 10.0 Å². The van der Waals surface area contributed by atoms with Crippen LogP contribution in [0.2, 0.25) is 0 Å². The van der Waals surface area contributed by atoms with Crippen molar-refractivity contribution in [2.45, 2.75) is 6.54 Å². The highest BCUT2D eigenvalue weighted by molar-refractivity contribution is 7.88. The van der Waals surface area contributed by atoms with E-state index in [-0.39, 0.29) is 12.5 Å². The average Bonchev–Trinajstić information content (AvgIpc) is 2.52. The van der Waals surface area contributed by atoms with Gasteiger partial charge in [-0.05, 0) is 22.8 Å². The van der Waals surface area contributed by atoms with Crippen LogP contribution in [0.25, 0.3) is 11.1 Å². The van der Waals surface area contributed by atoms with Crippen LogP contribution in [0.15, 0.2) is 48.5 Å². The Labute approximate surface area is 130 Å². The van der Waals surface area contributed by atoms with Gasteiger partial charge < -0.3 is 5.32 Å². The van der Waals surface area contributed by atoms with Gasteiger partial charge in [0.15, 0.2) is 0 Å². The van der Waals surface area contributed by atoms with E-state index in [0.29, 0.717) is 5.56 Å². The number of carbonyl (C=O) groups is 1. The zero-order valence-corrected chi connectivity index (χ0v) is 13.3. The molecule has 0 aliphatic carbocycles. The summed E-state index contributed by atoms with van der Waals surface area (Å²) in [5.74, 6) is -0.140. The molecule has 116 valence electrons. The van der Waals surface area contributed by atoms with Crippen LogP contribution in [0.1, 0.15) is 15.9 Å². The Balaban J connectivity index is 2.26. The number of rotatable bonds is 5. The summed E-state index contributed by atoms with van der Waals surface area (Å²) in [6.07, 6.45) is 1.13. The zero-order chi connectivity index (χ0) is 16.2. The second-order valence-corrected chi connectivity index (χ2v) is 6.75. The lowest BCUT2D eigenvalue weighted by Crippen LogP contribution is -2.21. The molecule has 0 fully saturated rings. The number of carbonyl (C=O) groups excluding carboxylic acids is 1. The normalized spacial score (nSPS) is 11.2. The second kappa shape index (κ2) is 6.72. The Bertz CT molecular complexity index is 768. The molecule has 0 saturated heterocycles. The van der Waals surface area contributed by atoms with Crippen LogP contribution in [0.5, 0.6) is 0 Å². The summed E-state index contributed by atoms with van der Waals surface area (Å²) in [5.41, 5.74) is 3.20. The van der Waals surface area contributed by atoms with Crippen molar-refractivity contribution >= 4 is 15.9 Å². The van der Waals surface area contributed by atoms with Crippen molar-refractivity contribution in [2.75, 3.05) is 13.3 Å². The van der Waals surface area contributed by atoms with Crippen molar-refractivity contribution < 1.29 is 13.2 Å². The van der Waals surface area contributed by atoms with Gasteiger partial charge in [-0.1, -0.05) is 42.5 Å². The van der Waals surface area contributed by atoms with E-state index in [1.54, 1.807) is 13.1 Å². The van der Waals surface area contributed by atoms with Gasteiger partial charge in [0.25, 0.3) is 5.91 Å². The molecule has 0 heterocycles. The Hall–Kier alpha value is -2.18. The first kappa shape index (κ1) is 16.2. The maximum Gasteiger partial charge on any atom is 0.251 e. The van der Waals surface area contributed by atoms with E-state index in [0.717, 1.165) is 22.9 Å². The molecule has 2 N–H and O–H groups in total. The van der Waals surface area contributed by atoms with Crippen molar-refractivity contribution in [3.8, 4) is 11.1 Å². The summed E-state index contributed by atoms with van der Waals surface area (Å²) in [7, 11) is -1.61. The van der Waals surface area contributed by atoms with Crippen molar-refractivity contribution in [2.24, 2.45) is 0 Å². The fourth-order valence-electron chi connectivity index (χ4n) is 2.08. The molecule has 0 spiro atoms. The third kappa shape index (κ3) is 4.16. The molecular formula is C16H18N2O3S. The lowest BCUT2D eigenvalue weighted by Gasteiger charge is -2.09. The van der Waals surface area contributed by atoms with Crippen molar-refractivity contribution in [1.82, 2.24) is 10.0 Å². The zero-order valence-electron chi connectivity index (χ0n) is 12.5. The fraction of sp³-hybridized carbons (Fsp3) is 0.188. The maximum absolute atomic E-state index is 11.9. The number of hydrogen-bond acceptors (Lipinski definition) is 3. The van der Waals surface area contributed by atoms with Crippen molar-refractivity contribution in [3.63, 3.8) is 0 Å². The number of sulfonamides is 1. The molecule has 0 aromatic heterocycles. The molecule has 2 rings (SSSR count). The number of amides is 1. The first-order valence-corrected chi connectivity index (χ1v) is 8.65. The molecule has 5 nitrogen and oxygen atoms in total. The van der Waals surface area contributed by atoms with Crippen molar-refractivity contribution in [3.05, 3.63) is 59.7 Å². The Kier molecular flexibility index (Phi) is 4.95. The van der Waals surface area contributed by atoms with Crippen LogP contribution in [-0.4, -0.2) is 27.6 Å². The third-order valence-corrected chi connectivity index (χ3v) is 3.87. The Morgan fingerprint density at radius 2 is 1.68 bits per heavy atom. The molecule has 6 heteroatoms. The summed E-state index contributed by atoms with van der Waals surface area (Å²) >= 11 is 0. The summed E-state index contributed by atoms with van der Waals surface area (Å²) in [6, 6.07) is 14.8. The highest BCUT2D eigenvalue weighted by atomic mass is 32.2. The maximum atomic E-state index is 11.9. The number of hydrogen-bond donors (Lipinski definition) is 2. The van der Waals surface area contributed by atoms with E-state index in [1.165, 1.54) is 0 Å². The minimum Gasteiger partial charge on any atom is -0.355 e. The first-order valence-electron chi connectivity index (χ1n) is 6.76. The Morgan fingerprint density at radius 3 is 2.27 bits per heavy atom. The molecule has 0 unspecified atom stereocenters. The monoisotopic (exact) mass is 318 g/mol. The molecule has 2 aromatic carbocycles. The van der Waals surface area contributed by atoms with Crippen LogP contribution in [0.4, 0.5) is 0 Å². The van der Waals surface area contributed by atoms with Gasteiger partial charge in [0.1, 0.15) is 0 Å². The largest absolute Gasteiger partial charge is 0.355 e. The number of nitrogens with one attached hydrogen (secondary N) is 2. The van der Waals surface area contributed by atoms with E-state index in [4.69, 9.17) is 0 Å². The van der Waals surface area contributed by atoms with E-state index in [9.17, 15) is 13.2 Å². The van der Waals surface area contributed by atoms with Gasteiger partial charge in [0.05, 0.1) is 6.26 Å². The van der Waals surface area contributed by atoms with E-state index in [1.807, 2.05) is 42.5 Å². The molecule has 0 radical (unpaired) electrons. The highest BCUT2D eigenvalue weighted by Crippen LogP contribution is 2.24. The van der Waals surface area contributed by atoms with E-state index in [2.05, 4.69) is 10.0 Å². The summed E-state index contributed by atoms with van der Waals surface area (Å²) < 4.78 is 24.6. The predicted molar refractivity (Wildman–Crippen MR) is 87.0 cm³/mol. The SMILES string of the molecule is CNC(=O)c1ccccc1-c1ccc(CNS(C)(=O)=O)cc1. The highest BCUT2D eigenvalue weighted by Gasteiger charge is 2.10. The van der Waals surface area contributed by atoms with Crippen LogP contribution in [-0.2, 0) is 16.6 Å². The predicted octanol–water partition coefficient (Wildman–Crippen LogP) is 1.76. The fourth-order valence-corrected chi connectivity index (χ4v) is 2.51. The van der Waals surface area contributed by atoms with Gasteiger partial charge in [-0.3, -0.25) is 4.79 Å². The van der Waals surface area contributed by atoms with Crippen molar-refractivity contribution in [1.29, 1.82) is 0 Å². The minimum atomic E-state index is -3.21. The summed E-state index contributed by atoms with van der Waals surface area (Å²) in [5, 5.41) is 2.62. The average molecular weight is 318 g/mol. The topological polar surface area (TPSA) is 75.3 Å². The minimum absolute atomic E-state index is 0.140. The lowest BCUT2D eigenvalue weighted by molar-refractivity contribution is 0.0963. The molecule has 0 aliphatic heterocycles. The second-order valence-electron chi connectivity index (χ2n) is 4.91. The van der Waals surface area contributed by atoms with Gasteiger partial charge >= 0.3 is 0 Å². The molecule has 0 aliphatic rings. The molecule has 1 amide bonds.